The van der Waals surface area contributed by atoms with E-state index in [2.05, 4.69) is 48.1 Å². The number of hydrogen-bond donors (Lipinski definition) is 1. The molecule has 0 radical (unpaired) electrons. The lowest BCUT2D eigenvalue weighted by Crippen LogP contribution is -2.38. The van der Waals surface area contributed by atoms with Gasteiger partial charge in [0.15, 0.2) is 0 Å². The van der Waals surface area contributed by atoms with Crippen LogP contribution < -0.4 is 5.32 Å². The molecular weight excluding hydrogens is 286 g/mol. The van der Waals surface area contributed by atoms with Crippen molar-refractivity contribution < 1.29 is 0 Å². The topological polar surface area (TPSA) is 12.0 Å². The van der Waals surface area contributed by atoms with Crippen molar-refractivity contribution in [2.75, 3.05) is 6.54 Å². The van der Waals surface area contributed by atoms with Crippen LogP contribution in [-0.4, -0.2) is 6.54 Å². The molecule has 0 aliphatic carbocycles. The summed E-state index contributed by atoms with van der Waals surface area (Å²) in [7, 11) is 0. The molecule has 1 heterocycles. The lowest BCUT2D eigenvalue weighted by molar-refractivity contribution is 0.263. The molecule has 3 heteroatoms. The molecule has 0 saturated carbocycles. The highest BCUT2D eigenvalue weighted by molar-refractivity contribution is 9.10. The molecule has 1 nitrogen and oxygen atoms in total. The summed E-state index contributed by atoms with van der Waals surface area (Å²) >= 11 is 9.83. The maximum Gasteiger partial charge on any atom is 0.0453 e. The highest BCUT2D eigenvalue weighted by atomic mass is 79.9. The van der Waals surface area contributed by atoms with Crippen molar-refractivity contribution >= 4 is 27.5 Å². The Morgan fingerprint density at radius 2 is 2.06 bits per heavy atom. The predicted octanol–water partition coefficient (Wildman–Crippen LogP) is 4.34. The van der Waals surface area contributed by atoms with Gasteiger partial charge >= 0.3 is 0 Å². The lowest BCUT2D eigenvalue weighted by atomic mass is 9.78. The average molecular weight is 303 g/mol. The van der Waals surface area contributed by atoms with E-state index in [0.717, 1.165) is 22.5 Å². The maximum absolute atomic E-state index is 6.31. The van der Waals surface area contributed by atoms with Crippen LogP contribution in [0.2, 0.25) is 5.02 Å². The Labute approximate surface area is 111 Å². The summed E-state index contributed by atoms with van der Waals surface area (Å²) in [5.74, 6) is 0. The fourth-order valence-corrected chi connectivity index (χ4v) is 3.30. The van der Waals surface area contributed by atoms with Crippen molar-refractivity contribution in [1.82, 2.24) is 5.32 Å². The third-order valence-electron chi connectivity index (χ3n) is 3.10. The highest BCUT2D eigenvalue weighted by Gasteiger charge is 2.31. The van der Waals surface area contributed by atoms with Gasteiger partial charge in [-0.2, -0.15) is 0 Å². The van der Waals surface area contributed by atoms with Gasteiger partial charge in [0.1, 0.15) is 0 Å². The molecular formula is C13H17BrClN. The van der Waals surface area contributed by atoms with Crippen molar-refractivity contribution in [3.63, 3.8) is 0 Å². The molecule has 1 aliphatic rings. The van der Waals surface area contributed by atoms with E-state index in [1.165, 1.54) is 11.1 Å². The van der Waals surface area contributed by atoms with Crippen molar-refractivity contribution in [2.45, 2.75) is 33.2 Å². The Morgan fingerprint density at radius 3 is 2.69 bits per heavy atom. The van der Waals surface area contributed by atoms with Crippen molar-refractivity contribution in [2.24, 2.45) is 5.41 Å². The average Bonchev–Trinajstić information content (AvgIpc) is 2.15. The molecule has 1 aliphatic heterocycles. The normalized spacial score (nSPS) is 20.7. The molecule has 1 atom stereocenters. The van der Waals surface area contributed by atoms with E-state index >= 15 is 0 Å². The minimum absolute atomic E-state index is 0.208. The monoisotopic (exact) mass is 301 g/mol. The second-order valence-corrected chi connectivity index (χ2v) is 6.78. The predicted molar refractivity (Wildman–Crippen MR) is 73.1 cm³/mol. The van der Waals surface area contributed by atoms with Gasteiger partial charge in [0.25, 0.3) is 0 Å². The second-order valence-electron chi connectivity index (χ2n) is 5.46. The van der Waals surface area contributed by atoms with Crippen molar-refractivity contribution in [3.8, 4) is 0 Å². The minimum atomic E-state index is 0.208. The summed E-state index contributed by atoms with van der Waals surface area (Å²) in [5.41, 5.74) is 2.86. The van der Waals surface area contributed by atoms with Gasteiger partial charge in [-0.05, 0) is 41.6 Å². The lowest BCUT2D eigenvalue weighted by Gasteiger charge is -2.37. The van der Waals surface area contributed by atoms with Gasteiger partial charge in [-0.25, -0.2) is 0 Å². The zero-order chi connectivity index (χ0) is 11.9. The first-order chi connectivity index (χ1) is 7.39. The Hall–Kier alpha value is -0.0500. The van der Waals surface area contributed by atoms with Crippen molar-refractivity contribution in [1.29, 1.82) is 0 Å². The summed E-state index contributed by atoms with van der Waals surface area (Å²) in [6, 6.07) is 4.57. The molecule has 0 saturated heterocycles. The molecule has 0 spiro atoms. The van der Waals surface area contributed by atoms with Gasteiger partial charge < -0.3 is 5.32 Å². The Balaban J connectivity index is 2.54. The maximum atomic E-state index is 6.31. The van der Waals surface area contributed by atoms with Crippen LogP contribution >= 0.6 is 27.5 Å². The van der Waals surface area contributed by atoms with E-state index in [-0.39, 0.29) is 5.41 Å². The number of fused-ring (bicyclic) bond motifs is 1. The third-order valence-corrected chi connectivity index (χ3v) is 3.89. The van der Waals surface area contributed by atoms with Crippen molar-refractivity contribution in [3.05, 3.63) is 32.8 Å². The number of nitrogens with one attached hydrogen (secondary N) is 1. The van der Waals surface area contributed by atoms with E-state index < -0.39 is 0 Å². The zero-order valence-corrected chi connectivity index (χ0v) is 12.2. The standard InChI is InChI=1S/C13H17BrClN/c1-13(2,3)12-10-6-8(14)7-11(15)9(10)4-5-16-12/h6-7,12,16H,4-5H2,1-3H3. The second kappa shape index (κ2) is 4.32. The summed E-state index contributed by atoms with van der Waals surface area (Å²) in [6.45, 7) is 7.79. The summed E-state index contributed by atoms with van der Waals surface area (Å²) in [4.78, 5) is 0. The molecule has 0 aromatic heterocycles. The third kappa shape index (κ3) is 2.29. The number of rotatable bonds is 0. The van der Waals surface area contributed by atoms with E-state index in [1.54, 1.807) is 0 Å². The summed E-state index contributed by atoms with van der Waals surface area (Å²) < 4.78 is 1.06. The molecule has 1 aromatic rings. The summed E-state index contributed by atoms with van der Waals surface area (Å²) in [5, 5.41) is 4.48. The van der Waals surface area contributed by atoms with Gasteiger partial charge in [0, 0.05) is 15.5 Å². The molecule has 1 N–H and O–H groups in total. The molecule has 0 amide bonds. The van der Waals surface area contributed by atoms with Gasteiger partial charge in [-0.15, -0.1) is 0 Å². The van der Waals surface area contributed by atoms with Gasteiger partial charge in [-0.3, -0.25) is 0 Å². The summed E-state index contributed by atoms with van der Waals surface area (Å²) in [6.07, 6.45) is 1.02. The quantitative estimate of drug-likeness (QED) is 0.752. The van der Waals surface area contributed by atoms with Crippen LogP contribution in [0.4, 0.5) is 0 Å². The van der Waals surface area contributed by atoms with Gasteiger partial charge in [0.05, 0.1) is 0 Å². The number of hydrogen-bond acceptors (Lipinski definition) is 1. The van der Waals surface area contributed by atoms with Gasteiger partial charge in [-0.1, -0.05) is 48.3 Å². The molecule has 2 rings (SSSR count). The first-order valence-electron chi connectivity index (χ1n) is 5.61. The van der Waals surface area contributed by atoms with Crippen LogP contribution in [0.25, 0.3) is 0 Å². The van der Waals surface area contributed by atoms with Crippen LogP contribution in [0.3, 0.4) is 0 Å². The minimum Gasteiger partial charge on any atom is -0.309 e. The van der Waals surface area contributed by atoms with Crippen LogP contribution in [0.1, 0.15) is 37.9 Å². The van der Waals surface area contributed by atoms with E-state index in [0.29, 0.717) is 6.04 Å². The zero-order valence-electron chi connectivity index (χ0n) is 9.90. The number of benzene rings is 1. The molecule has 16 heavy (non-hydrogen) atoms. The Kier molecular flexibility index (Phi) is 3.35. The van der Waals surface area contributed by atoms with E-state index in [9.17, 15) is 0 Å². The highest BCUT2D eigenvalue weighted by Crippen LogP contribution is 2.40. The van der Waals surface area contributed by atoms with Crippen LogP contribution in [-0.2, 0) is 6.42 Å². The smallest absolute Gasteiger partial charge is 0.0453 e. The molecule has 1 aromatic carbocycles. The SMILES string of the molecule is CC(C)(C)C1NCCc2c(Cl)cc(Br)cc21. The van der Waals surface area contributed by atoms with E-state index in [1.807, 2.05) is 6.07 Å². The number of halogens is 2. The molecule has 0 bridgehead atoms. The first kappa shape index (κ1) is 12.4. The van der Waals surface area contributed by atoms with Crippen LogP contribution in [0, 0.1) is 5.41 Å². The van der Waals surface area contributed by atoms with Crippen LogP contribution in [0.15, 0.2) is 16.6 Å². The molecule has 0 fully saturated rings. The fourth-order valence-electron chi connectivity index (χ4n) is 2.37. The Morgan fingerprint density at radius 1 is 1.38 bits per heavy atom. The Bertz CT molecular complexity index is 409. The van der Waals surface area contributed by atoms with Crippen LogP contribution in [0.5, 0.6) is 0 Å². The molecule has 1 unspecified atom stereocenters. The largest absolute Gasteiger partial charge is 0.309 e. The van der Waals surface area contributed by atoms with E-state index in [4.69, 9.17) is 11.6 Å². The first-order valence-corrected chi connectivity index (χ1v) is 6.78. The van der Waals surface area contributed by atoms with Gasteiger partial charge in [0.2, 0.25) is 0 Å². The molecule has 88 valence electrons. The fraction of sp³-hybridized carbons (Fsp3) is 0.538.